The number of allylic oxidation sites excluding steroid dienone is 2. The second-order valence-electron chi connectivity index (χ2n) is 6.28. The molecule has 2 aliphatic heterocycles. The maximum absolute atomic E-state index is 10.5. The van der Waals surface area contributed by atoms with E-state index in [1.165, 1.54) is 12.3 Å². The first-order chi connectivity index (χ1) is 11.4. The quantitative estimate of drug-likeness (QED) is 0.297. The van der Waals surface area contributed by atoms with Gasteiger partial charge in [0.1, 0.15) is 30.0 Å². The molecule has 0 saturated carbocycles. The van der Waals surface area contributed by atoms with Crippen molar-refractivity contribution in [1.82, 2.24) is 0 Å². The zero-order valence-electron chi connectivity index (χ0n) is 12.8. The number of hydrogen-bond donors (Lipinski definition) is 6. The van der Waals surface area contributed by atoms with Gasteiger partial charge in [-0.2, -0.15) is 0 Å². The lowest BCUT2D eigenvalue weighted by atomic mass is 9.83. The van der Waals surface area contributed by atoms with Crippen LogP contribution in [0.1, 0.15) is 0 Å². The predicted octanol–water partition coefficient (Wildman–Crippen LogP) is -2.80. The van der Waals surface area contributed by atoms with Gasteiger partial charge in [-0.15, -0.1) is 0 Å². The molecule has 6 N–H and O–H groups in total. The summed E-state index contributed by atoms with van der Waals surface area (Å²) in [7, 11) is 0. The molecule has 3 aliphatic rings. The van der Waals surface area contributed by atoms with Gasteiger partial charge in [0.05, 0.1) is 25.4 Å². The molecule has 3 rings (SSSR count). The van der Waals surface area contributed by atoms with Gasteiger partial charge < -0.3 is 44.8 Å². The van der Waals surface area contributed by atoms with Gasteiger partial charge >= 0.3 is 0 Å². The van der Waals surface area contributed by atoms with Crippen molar-refractivity contribution >= 4 is 0 Å². The number of aliphatic hydroxyl groups excluding tert-OH is 5. The van der Waals surface area contributed by atoms with E-state index in [0.717, 1.165) is 0 Å². The number of fused-ring (bicyclic) bond motifs is 1. The molecule has 0 amide bonds. The lowest BCUT2D eigenvalue weighted by molar-refractivity contribution is -0.346. The average Bonchev–Trinajstić information content (AvgIpc) is 2.94. The lowest BCUT2D eigenvalue weighted by Crippen LogP contribution is -2.61. The Morgan fingerprint density at radius 2 is 1.75 bits per heavy atom. The molecule has 9 atom stereocenters. The molecule has 1 saturated heterocycles. The molecule has 9 nitrogen and oxygen atoms in total. The highest BCUT2D eigenvalue weighted by molar-refractivity contribution is 5.23. The first-order valence-corrected chi connectivity index (χ1v) is 7.72. The minimum atomic E-state index is -1.58. The summed E-state index contributed by atoms with van der Waals surface area (Å²) in [6.45, 7) is -1.12. The van der Waals surface area contributed by atoms with E-state index in [1.807, 2.05) is 0 Å². The Kier molecular flexibility index (Phi) is 4.96. The largest absolute Gasteiger partial charge is 0.472 e. The third-order valence-corrected chi connectivity index (χ3v) is 4.78. The summed E-state index contributed by atoms with van der Waals surface area (Å²) in [5.41, 5.74) is -1.56. The summed E-state index contributed by atoms with van der Waals surface area (Å²) in [6, 6.07) is 0. The molecule has 2 heterocycles. The third kappa shape index (κ3) is 2.87. The summed E-state index contributed by atoms with van der Waals surface area (Å²) in [6.07, 6.45) is -1.97. The van der Waals surface area contributed by atoms with E-state index in [9.17, 15) is 30.6 Å². The van der Waals surface area contributed by atoms with Crippen LogP contribution in [0.15, 0.2) is 24.5 Å². The topological polar surface area (TPSA) is 149 Å². The van der Waals surface area contributed by atoms with Crippen LogP contribution in [0.25, 0.3) is 0 Å². The fourth-order valence-electron chi connectivity index (χ4n) is 3.33. The van der Waals surface area contributed by atoms with E-state index in [2.05, 4.69) is 0 Å². The number of hydrogen-bond acceptors (Lipinski definition) is 9. The summed E-state index contributed by atoms with van der Waals surface area (Å²) in [4.78, 5) is 0. The fourth-order valence-corrected chi connectivity index (χ4v) is 3.33. The Hall–Kier alpha value is -1.04. The zero-order valence-corrected chi connectivity index (χ0v) is 12.8. The van der Waals surface area contributed by atoms with Gasteiger partial charge in [-0.05, 0) is 6.08 Å². The van der Waals surface area contributed by atoms with Crippen molar-refractivity contribution in [3.05, 3.63) is 24.5 Å². The molecule has 0 spiro atoms. The SMILES string of the molecule is OC[C@H]1O[C@@H](O[C@@H]2OC=C[C@H]3C=C[C@](O)(CO)[C@H]32)[C@H](O)[C@@H](O)[C@@H]1O. The van der Waals surface area contributed by atoms with Crippen LogP contribution in [-0.2, 0) is 14.2 Å². The van der Waals surface area contributed by atoms with E-state index in [0.29, 0.717) is 0 Å². The molecule has 0 bridgehead atoms. The number of rotatable bonds is 4. The second-order valence-corrected chi connectivity index (χ2v) is 6.28. The third-order valence-electron chi connectivity index (χ3n) is 4.78. The van der Waals surface area contributed by atoms with Crippen LogP contribution in [-0.4, -0.2) is 86.4 Å². The standard InChI is InChI=1S/C15H22O9/c16-5-8-10(18)11(19)12(20)14(23-8)24-13-9-7(2-4-22-13)1-3-15(9,21)6-17/h1-4,7-14,16-21H,5-6H2/t7-,8-,9-,10-,11+,12-,13+,14+,15+/m1/s1. The second kappa shape index (κ2) is 6.70. The Morgan fingerprint density at radius 3 is 2.42 bits per heavy atom. The first kappa shape index (κ1) is 17.8. The Labute approximate surface area is 138 Å². The Bertz CT molecular complexity index is 507. The van der Waals surface area contributed by atoms with Crippen LogP contribution in [0, 0.1) is 11.8 Å². The fraction of sp³-hybridized carbons (Fsp3) is 0.733. The van der Waals surface area contributed by atoms with Crippen molar-refractivity contribution < 1.29 is 44.8 Å². The number of ether oxygens (including phenoxy) is 3. The highest BCUT2D eigenvalue weighted by Gasteiger charge is 2.52. The van der Waals surface area contributed by atoms with Crippen molar-refractivity contribution in [1.29, 1.82) is 0 Å². The van der Waals surface area contributed by atoms with Crippen molar-refractivity contribution in [3.8, 4) is 0 Å². The van der Waals surface area contributed by atoms with E-state index in [4.69, 9.17) is 14.2 Å². The molecule has 1 fully saturated rings. The summed E-state index contributed by atoms with van der Waals surface area (Å²) >= 11 is 0. The van der Waals surface area contributed by atoms with Crippen molar-refractivity contribution in [3.63, 3.8) is 0 Å². The molecular weight excluding hydrogens is 324 g/mol. The van der Waals surface area contributed by atoms with E-state index in [-0.39, 0.29) is 5.92 Å². The normalized spacial score (nSPS) is 50.6. The van der Waals surface area contributed by atoms with Crippen LogP contribution in [0.2, 0.25) is 0 Å². The molecular formula is C15H22O9. The lowest BCUT2D eigenvalue weighted by Gasteiger charge is -2.43. The van der Waals surface area contributed by atoms with Gasteiger partial charge in [-0.3, -0.25) is 0 Å². The summed E-state index contributed by atoms with van der Waals surface area (Å²) in [5.74, 6) is -0.925. The average molecular weight is 346 g/mol. The van der Waals surface area contributed by atoms with Crippen molar-refractivity contribution in [2.75, 3.05) is 13.2 Å². The monoisotopic (exact) mass is 346 g/mol. The number of aliphatic hydroxyl groups is 6. The van der Waals surface area contributed by atoms with Crippen LogP contribution in [0.4, 0.5) is 0 Å². The van der Waals surface area contributed by atoms with E-state index < -0.39 is 61.7 Å². The van der Waals surface area contributed by atoms with Crippen LogP contribution in [0.5, 0.6) is 0 Å². The first-order valence-electron chi connectivity index (χ1n) is 7.72. The molecule has 136 valence electrons. The molecule has 24 heavy (non-hydrogen) atoms. The van der Waals surface area contributed by atoms with E-state index >= 15 is 0 Å². The Balaban J connectivity index is 1.76. The van der Waals surface area contributed by atoms with Crippen LogP contribution in [0.3, 0.4) is 0 Å². The molecule has 0 aromatic rings. The zero-order chi connectivity index (χ0) is 17.5. The molecule has 0 radical (unpaired) electrons. The van der Waals surface area contributed by atoms with Crippen molar-refractivity contribution in [2.45, 2.75) is 42.6 Å². The minimum absolute atomic E-state index is 0.245. The van der Waals surface area contributed by atoms with E-state index in [1.54, 1.807) is 12.2 Å². The Morgan fingerprint density at radius 1 is 1.00 bits per heavy atom. The summed E-state index contributed by atoms with van der Waals surface area (Å²) in [5, 5.41) is 58.8. The van der Waals surface area contributed by atoms with Gasteiger partial charge in [0.2, 0.25) is 6.29 Å². The van der Waals surface area contributed by atoms with Gasteiger partial charge in [0, 0.05) is 5.92 Å². The van der Waals surface area contributed by atoms with Gasteiger partial charge in [0.15, 0.2) is 6.29 Å². The maximum atomic E-state index is 10.5. The smallest absolute Gasteiger partial charge is 0.208 e. The molecule has 9 heteroatoms. The predicted molar refractivity (Wildman–Crippen MR) is 77.0 cm³/mol. The highest BCUT2D eigenvalue weighted by Crippen LogP contribution is 2.42. The van der Waals surface area contributed by atoms with Crippen molar-refractivity contribution in [2.24, 2.45) is 11.8 Å². The van der Waals surface area contributed by atoms with Crippen LogP contribution < -0.4 is 0 Å². The molecule has 1 aliphatic carbocycles. The highest BCUT2D eigenvalue weighted by atomic mass is 16.8. The molecule has 0 aromatic carbocycles. The maximum Gasteiger partial charge on any atom is 0.208 e. The summed E-state index contributed by atoms with van der Waals surface area (Å²) < 4.78 is 16.2. The van der Waals surface area contributed by atoms with Gasteiger partial charge in [0.25, 0.3) is 0 Å². The minimum Gasteiger partial charge on any atom is -0.472 e. The van der Waals surface area contributed by atoms with Gasteiger partial charge in [-0.1, -0.05) is 12.2 Å². The molecule has 0 unspecified atom stereocenters. The van der Waals surface area contributed by atoms with Crippen LogP contribution >= 0.6 is 0 Å². The van der Waals surface area contributed by atoms with Gasteiger partial charge in [-0.25, -0.2) is 0 Å². The molecule has 0 aromatic heterocycles.